The van der Waals surface area contributed by atoms with E-state index in [0.717, 1.165) is 12.8 Å². The van der Waals surface area contributed by atoms with Crippen molar-refractivity contribution < 1.29 is 19.2 Å². The van der Waals surface area contributed by atoms with Crippen molar-refractivity contribution in [2.75, 3.05) is 13.2 Å². The first-order valence-electron chi connectivity index (χ1n) is 8.47. The Kier molecular flexibility index (Phi) is 5.36. The molecule has 0 radical (unpaired) electrons. The van der Waals surface area contributed by atoms with Crippen molar-refractivity contribution in [1.29, 1.82) is 0 Å². The van der Waals surface area contributed by atoms with Crippen LogP contribution >= 0.6 is 0 Å². The normalized spacial score (nSPS) is 13.7. The Morgan fingerprint density at radius 3 is 2.50 bits per heavy atom. The lowest BCUT2D eigenvalue weighted by atomic mass is 10.1. The average Bonchev–Trinajstić information content (AvgIpc) is 2.66. The van der Waals surface area contributed by atoms with Crippen molar-refractivity contribution in [3.63, 3.8) is 0 Å². The second kappa shape index (κ2) is 7.86. The highest BCUT2D eigenvalue weighted by molar-refractivity contribution is 5.99. The first-order valence-corrected chi connectivity index (χ1v) is 8.47. The quantitative estimate of drug-likeness (QED) is 0.634. The first-order chi connectivity index (χ1) is 12.5. The Labute approximate surface area is 151 Å². The first kappa shape index (κ1) is 17.7. The molecule has 136 valence electrons. The number of hydrogen-bond donors (Lipinski definition) is 1. The second-order valence-corrected chi connectivity index (χ2v) is 6.17. The zero-order chi connectivity index (χ0) is 18.5. The third-order valence-electron chi connectivity index (χ3n) is 4.19. The van der Waals surface area contributed by atoms with Crippen LogP contribution in [0.25, 0.3) is 0 Å². The van der Waals surface area contributed by atoms with Crippen LogP contribution in [0.1, 0.15) is 29.3 Å². The maximum atomic E-state index is 12.6. The predicted octanol–water partition coefficient (Wildman–Crippen LogP) is 3.12. The number of nitrogens with one attached hydrogen (secondary N) is 1. The summed E-state index contributed by atoms with van der Waals surface area (Å²) in [4.78, 5) is 23.3. The molecule has 2 aromatic carbocycles. The van der Waals surface area contributed by atoms with E-state index in [1.807, 2.05) is 37.3 Å². The molecule has 0 bridgehead atoms. The molecule has 7 heteroatoms. The van der Waals surface area contributed by atoms with Crippen LogP contribution < -0.4 is 14.8 Å². The number of aryl methyl sites for hydroxylation is 1. The largest absolute Gasteiger partial charge is 0.486 e. The fraction of sp³-hybridized carbons (Fsp3) is 0.316. The summed E-state index contributed by atoms with van der Waals surface area (Å²) >= 11 is 0. The molecule has 0 aromatic heterocycles. The van der Waals surface area contributed by atoms with Crippen molar-refractivity contribution >= 4 is 11.6 Å². The van der Waals surface area contributed by atoms with Gasteiger partial charge >= 0.3 is 0 Å². The van der Waals surface area contributed by atoms with Crippen molar-refractivity contribution in [1.82, 2.24) is 5.32 Å². The minimum Gasteiger partial charge on any atom is -0.486 e. The van der Waals surface area contributed by atoms with Crippen molar-refractivity contribution in [3.05, 3.63) is 63.7 Å². The monoisotopic (exact) mass is 356 g/mol. The van der Waals surface area contributed by atoms with Gasteiger partial charge < -0.3 is 14.8 Å². The highest BCUT2D eigenvalue weighted by atomic mass is 16.6. The molecular formula is C19H20N2O5. The number of nitro benzene ring substituents is 1. The lowest BCUT2D eigenvalue weighted by Crippen LogP contribution is -2.33. The molecule has 1 aliphatic heterocycles. The number of carbonyl (C=O) groups is 1. The predicted molar refractivity (Wildman–Crippen MR) is 95.8 cm³/mol. The molecule has 1 heterocycles. The SMILES string of the molecule is CC(CCc1ccccc1)NC(=O)c1cc2c(cc1[N+](=O)[O-])OCCO2. The van der Waals surface area contributed by atoms with Crippen LogP contribution in [0.3, 0.4) is 0 Å². The summed E-state index contributed by atoms with van der Waals surface area (Å²) in [6, 6.07) is 12.4. The van der Waals surface area contributed by atoms with Crippen molar-refractivity contribution in [2.45, 2.75) is 25.8 Å². The molecule has 1 aliphatic rings. The Hall–Kier alpha value is -3.09. The zero-order valence-corrected chi connectivity index (χ0v) is 14.4. The molecule has 2 aromatic rings. The molecule has 1 atom stereocenters. The number of rotatable bonds is 6. The van der Waals surface area contributed by atoms with E-state index >= 15 is 0 Å². The molecule has 0 spiro atoms. The van der Waals surface area contributed by atoms with E-state index in [1.54, 1.807) is 0 Å². The molecule has 0 fully saturated rings. The standard InChI is InChI=1S/C19H20N2O5/c1-13(7-8-14-5-3-2-4-6-14)20-19(22)15-11-17-18(26-10-9-25-17)12-16(15)21(23)24/h2-6,11-13H,7-10H2,1H3,(H,20,22). The molecule has 26 heavy (non-hydrogen) atoms. The molecule has 1 N–H and O–H groups in total. The van der Waals surface area contributed by atoms with Crippen LogP contribution in [-0.2, 0) is 6.42 Å². The summed E-state index contributed by atoms with van der Waals surface area (Å²) < 4.78 is 10.8. The molecule has 0 aliphatic carbocycles. The number of carbonyl (C=O) groups excluding carboxylic acids is 1. The van der Waals surface area contributed by atoms with Crippen molar-refractivity contribution in [2.24, 2.45) is 0 Å². The number of benzene rings is 2. The van der Waals surface area contributed by atoms with Crippen LogP contribution in [0.4, 0.5) is 5.69 Å². The van der Waals surface area contributed by atoms with Gasteiger partial charge in [-0.2, -0.15) is 0 Å². The number of hydrogen-bond acceptors (Lipinski definition) is 5. The second-order valence-electron chi connectivity index (χ2n) is 6.17. The summed E-state index contributed by atoms with van der Waals surface area (Å²) in [5.74, 6) is 0.148. The number of amides is 1. The van der Waals surface area contributed by atoms with E-state index in [0.29, 0.717) is 19.0 Å². The highest BCUT2D eigenvalue weighted by Gasteiger charge is 2.26. The lowest BCUT2D eigenvalue weighted by Gasteiger charge is -2.19. The van der Waals surface area contributed by atoms with Crippen LogP contribution in [0, 0.1) is 10.1 Å². The summed E-state index contributed by atoms with van der Waals surface area (Å²) in [5, 5.41) is 14.2. The van der Waals surface area contributed by atoms with Gasteiger partial charge in [0.15, 0.2) is 11.5 Å². The summed E-state index contributed by atoms with van der Waals surface area (Å²) in [7, 11) is 0. The molecule has 1 unspecified atom stereocenters. The van der Waals surface area contributed by atoms with Gasteiger partial charge in [-0.25, -0.2) is 0 Å². The fourth-order valence-electron chi connectivity index (χ4n) is 2.81. The summed E-state index contributed by atoms with van der Waals surface area (Å²) in [6.07, 6.45) is 1.54. The summed E-state index contributed by atoms with van der Waals surface area (Å²) in [6.45, 7) is 2.55. The Morgan fingerprint density at radius 1 is 1.19 bits per heavy atom. The van der Waals surface area contributed by atoms with Gasteiger partial charge in [-0.05, 0) is 25.3 Å². The van der Waals surface area contributed by atoms with Gasteiger partial charge in [0.1, 0.15) is 18.8 Å². The van der Waals surface area contributed by atoms with E-state index in [2.05, 4.69) is 5.32 Å². The van der Waals surface area contributed by atoms with E-state index in [9.17, 15) is 14.9 Å². The Bertz CT molecular complexity index is 807. The van der Waals surface area contributed by atoms with E-state index in [-0.39, 0.29) is 23.0 Å². The van der Waals surface area contributed by atoms with Crippen LogP contribution in [0.15, 0.2) is 42.5 Å². The van der Waals surface area contributed by atoms with Crippen LogP contribution in [-0.4, -0.2) is 30.1 Å². The smallest absolute Gasteiger partial charge is 0.286 e. The number of ether oxygens (including phenoxy) is 2. The number of nitrogens with zero attached hydrogens (tertiary/aromatic N) is 1. The van der Waals surface area contributed by atoms with Crippen molar-refractivity contribution in [3.8, 4) is 11.5 Å². The molecule has 0 saturated heterocycles. The van der Waals surface area contributed by atoms with Gasteiger partial charge in [0, 0.05) is 12.1 Å². The van der Waals surface area contributed by atoms with Gasteiger partial charge in [-0.3, -0.25) is 14.9 Å². The van der Waals surface area contributed by atoms with E-state index in [4.69, 9.17) is 9.47 Å². The molecular weight excluding hydrogens is 336 g/mol. The van der Waals surface area contributed by atoms with Gasteiger partial charge in [0.2, 0.25) is 0 Å². The maximum absolute atomic E-state index is 12.6. The lowest BCUT2D eigenvalue weighted by molar-refractivity contribution is -0.385. The molecule has 1 amide bonds. The van der Waals surface area contributed by atoms with Crippen LogP contribution in [0.2, 0.25) is 0 Å². The molecule has 0 saturated carbocycles. The Morgan fingerprint density at radius 2 is 1.85 bits per heavy atom. The molecule has 7 nitrogen and oxygen atoms in total. The maximum Gasteiger partial charge on any atom is 0.286 e. The zero-order valence-electron chi connectivity index (χ0n) is 14.4. The fourth-order valence-corrected chi connectivity index (χ4v) is 2.81. The highest BCUT2D eigenvalue weighted by Crippen LogP contribution is 2.36. The van der Waals surface area contributed by atoms with Gasteiger partial charge in [0.05, 0.1) is 11.0 Å². The third-order valence-corrected chi connectivity index (χ3v) is 4.19. The minimum atomic E-state index is -0.582. The minimum absolute atomic E-state index is 0.0224. The van der Waals surface area contributed by atoms with E-state index in [1.165, 1.54) is 17.7 Å². The molecule has 3 rings (SSSR count). The number of nitro groups is 1. The van der Waals surface area contributed by atoms with Gasteiger partial charge in [0.25, 0.3) is 11.6 Å². The topological polar surface area (TPSA) is 90.7 Å². The van der Waals surface area contributed by atoms with Crippen LogP contribution in [0.5, 0.6) is 11.5 Å². The van der Waals surface area contributed by atoms with E-state index < -0.39 is 10.8 Å². The van der Waals surface area contributed by atoms with Gasteiger partial charge in [-0.15, -0.1) is 0 Å². The number of fused-ring (bicyclic) bond motifs is 1. The average molecular weight is 356 g/mol. The summed E-state index contributed by atoms with van der Waals surface area (Å²) in [5.41, 5.74) is 0.867. The third kappa shape index (κ3) is 4.11. The van der Waals surface area contributed by atoms with Gasteiger partial charge in [-0.1, -0.05) is 30.3 Å². The Balaban J connectivity index is 1.71.